The first-order chi connectivity index (χ1) is 9.16. The van der Waals surface area contributed by atoms with Gasteiger partial charge in [0.1, 0.15) is 0 Å². The Bertz CT molecular complexity index is 628. The average molecular weight is 319 g/mol. The number of hydrogen-bond donors (Lipinski definition) is 1. The van der Waals surface area contributed by atoms with Gasteiger partial charge in [0.25, 0.3) is 5.91 Å². The molecule has 0 saturated carbocycles. The van der Waals surface area contributed by atoms with E-state index in [1.165, 1.54) is 5.56 Å². The molecule has 1 aromatic carbocycles. The fourth-order valence-corrected chi connectivity index (χ4v) is 3.12. The number of carbonyl (C=O) groups is 1. The number of nitrogens with zero attached hydrogens (tertiary/aromatic N) is 1. The number of hydrogen-bond acceptors (Lipinski definition) is 2. The number of fused-ring (bicyclic) bond motifs is 1. The highest BCUT2D eigenvalue weighted by molar-refractivity contribution is 9.10. The summed E-state index contributed by atoms with van der Waals surface area (Å²) in [5.41, 5.74) is 4.22. The summed E-state index contributed by atoms with van der Waals surface area (Å²) in [6, 6.07) is 9.75. The fraction of sp³-hybridized carbons (Fsp3) is 0.267. The summed E-state index contributed by atoms with van der Waals surface area (Å²) in [5, 5.41) is 3.32. The van der Waals surface area contributed by atoms with Crippen molar-refractivity contribution >= 4 is 21.8 Å². The van der Waals surface area contributed by atoms with Gasteiger partial charge in [-0.05, 0) is 46.6 Å². The van der Waals surface area contributed by atoms with E-state index >= 15 is 0 Å². The van der Waals surface area contributed by atoms with Crippen LogP contribution in [0.3, 0.4) is 0 Å². The minimum Gasteiger partial charge on any atom is -0.312 e. The van der Waals surface area contributed by atoms with Gasteiger partial charge in [-0.15, -0.1) is 0 Å². The highest BCUT2D eigenvalue weighted by atomic mass is 79.9. The standard InChI is InChI=1S/C15H15BrN2O/c1-10-2-4-11(5-3-10)15(19)18-13-6-7-17-9-12(13)8-14(18)16/h2-5,8,17H,6-7,9H2,1H3. The van der Waals surface area contributed by atoms with Crippen molar-refractivity contribution in [3.8, 4) is 0 Å². The summed E-state index contributed by atoms with van der Waals surface area (Å²) in [7, 11) is 0. The van der Waals surface area contributed by atoms with Crippen LogP contribution in [0.5, 0.6) is 0 Å². The van der Waals surface area contributed by atoms with E-state index in [1.54, 1.807) is 4.57 Å². The van der Waals surface area contributed by atoms with Crippen molar-refractivity contribution in [2.24, 2.45) is 0 Å². The molecular weight excluding hydrogens is 304 g/mol. The van der Waals surface area contributed by atoms with Gasteiger partial charge >= 0.3 is 0 Å². The topological polar surface area (TPSA) is 34.0 Å². The first-order valence-electron chi connectivity index (χ1n) is 6.38. The van der Waals surface area contributed by atoms with Crippen molar-refractivity contribution in [1.29, 1.82) is 0 Å². The summed E-state index contributed by atoms with van der Waals surface area (Å²) >= 11 is 3.50. The molecule has 0 fully saturated rings. The van der Waals surface area contributed by atoms with Gasteiger partial charge in [0.15, 0.2) is 0 Å². The normalized spacial score (nSPS) is 14.2. The molecule has 4 heteroatoms. The summed E-state index contributed by atoms with van der Waals surface area (Å²) in [5.74, 6) is 0.0371. The van der Waals surface area contributed by atoms with Crippen LogP contribution in [0.4, 0.5) is 0 Å². The molecule has 0 bridgehead atoms. The molecule has 1 aromatic heterocycles. The predicted molar refractivity (Wildman–Crippen MR) is 78.5 cm³/mol. The van der Waals surface area contributed by atoms with Gasteiger partial charge in [-0.25, -0.2) is 0 Å². The van der Waals surface area contributed by atoms with E-state index in [0.29, 0.717) is 0 Å². The van der Waals surface area contributed by atoms with Crippen LogP contribution in [0.15, 0.2) is 34.9 Å². The Morgan fingerprint density at radius 2 is 2.05 bits per heavy atom. The van der Waals surface area contributed by atoms with Crippen LogP contribution in [0.1, 0.15) is 27.2 Å². The van der Waals surface area contributed by atoms with E-state index in [1.807, 2.05) is 37.3 Å². The maximum Gasteiger partial charge on any atom is 0.263 e. The SMILES string of the molecule is Cc1ccc(C(=O)n2c(Br)cc3c2CCNC3)cc1. The van der Waals surface area contributed by atoms with Gasteiger partial charge in [-0.3, -0.25) is 9.36 Å². The van der Waals surface area contributed by atoms with Crippen LogP contribution in [-0.2, 0) is 13.0 Å². The van der Waals surface area contributed by atoms with Crippen LogP contribution >= 0.6 is 15.9 Å². The largest absolute Gasteiger partial charge is 0.312 e. The Morgan fingerprint density at radius 3 is 2.79 bits per heavy atom. The molecule has 0 radical (unpaired) electrons. The molecule has 1 N–H and O–H groups in total. The lowest BCUT2D eigenvalue weighted by Gasteiger charge is -2.16. The second-order valence-electron chi connectivity index (χ2n) is 4.87. The fourth-order valence-electron chi connectivity index (χ4n) is 2.46. The third kappa shape index (κ3) is 2.26. The van der Waals surface area contributed by atoms with Gasteiger partial charge in [0.2, 0.25) is 0 Å². The number of nitrogens with one attached hydrogen (secondary N) is 1. The number of carbonyl (C=O) groups excluding carboxylic acids is 1. The number of aryl methyl sites for hydroxylation is 1. The number of benzene rings is 1. The predicted octanol–water partition coefficient (Wildman–Crippen LogP) is 2.89. The van der Waals surface area contributed by atoms with Crippen molar-refractivity contribution in [3.63, 3.8) is 0 Å². The van der Waals surface area contributed by atoms with Crippen LogP contribution < -0.4 is 5.32 Å². The van der Waals surface area contributed by atoms with Gasteiger partial charge in [-0.1, -0.05) is 17.7 Å². The van der Waals surface area contributed by atoms with E-state index < -0.39 is 0 Å². The zero-order valence-electron chi connectivity index (χ0n) is 10.7. The Balaban J connectivity index is 2.04. The van der Waals surface area contributed by atoms with Crippen LogP contribution in [0, 0.1) is 6.92 Å². The van der Waals surface area contributed by atoms with E-state index in [2.05, 4.69) is 21.2 Å². The second-order valence-corrected chi connectivity index (χ2v) is 5.68. The Kier molecular flexibility index (Phi) is 3.29. The van der Waals surface area contributed by atoms with Crippen molar-refractivity contribution in [3.05, 3.63) is 57.3 Å². The Morgan fingerprint density at radius 1 is 1.32 bits per heavy atom. The van der Waals surface area contributed by atoms with E-state index in [9.17, 15) is 4.79 Å². The third-order valence-corrected chi connectivity index (χ3v) is 4.09. The maximum absolute atomic E-state index is 12.6. The number of aromatic nitrogens is 1. The molecule has 0 unspecified atom stereocenters. The molecule has 0 atom stereocenters. The number of halogens is 1. The first kappa shape index (κ1) is 12.6. The lowest BCUT2D eigenvalue weighted by atomic mass is 10.1. The van der Waals surface area contributed by atoms with Crippen LogP contribution in [0.25, 0.3) is 0 Å². The minimum absolute atomic E-state index is 0.0371. The molecule has 0 spiro atoms. The lowest BCUT2D eigenvalue weighted by molar-refractivity contribution is 0.0954. The molecule has 3 rings (SSSR count). The highest BCUT2D eigenvalue weighted by Gasteiger charge is 2.21. The number of rotatable bonds is 1. The highest BCUT2D eigenvalue weighted by Crippen LogP contribution is 2.25. The van der Waals surface area contributed by atoms with Gasteiger partial charge < -0.3 is 5.32 Å². The van der Waals surface area contributed by atoms with Crippen LogP contribution in [0.2, 0.25) is 0 Å². The van der Waals surface area contributed by atoms with Crippen LogP contribution in [-0.4, -0.2) is 17.0 Å². The molecule has 19 heavy (non-hydrogen) atoms. The van der Waals surface area contributed by atoms with Gasteiger partial charge in [0, 0.05) is 30.8 Å². The maximum atomic E-state index is 12.6. The molecule has 98 valence electrons. The van der Waals surface area contributed by atoms with E-state index in [0.717, 1.165) is 40.9 Å². The van der Waals surface area contributed by atoms with Crippen molar-refractivity contribution < 1.29 is 4.79 Å². The monoisotopic (exact) mass is 318 g/mol. The Labute approximate surface area is 120 Å². The molecule has 0 amide bonds. The summed E-state index contributed by atoms with van der Waals surface area (Å²) in [6.07, 6.45) is 0.887. The molecule has 0 saturated heterocycles. The summed E-state index contributed by atoms with van der Waals surface area (Å²) in [6.45, 7) is 3.78. The molecule has 1 aliphatic heterocycles. The van der Waals surface area contributed by atoms with Gasteiger partial charge in [0.05, 0.1) is 4.60 Å². The average Bonchev–Trinajstić information content (AvgIpc) is 2.74. The molecule has 2 heterocycles. The smallest absolute Gasteiger partial charge is 0.263 e. The lowest BCUT2D eigenvalue weighted by Crippen LogP contribution is -2.26. The van der Waals surface area contributed by atoms with E-state index in [4.69, 9.17) is 0 Å². The zero-order valence-corrected chi connectivity index (χ0v) is 12.3. The minimum atomic E-state index is 0.0371. The molecular formula is C15H15BrN2O. The summed E-state index contributed by atoms with van der Waals surface area (Å²) < 4.78 is 2.63. The molecule has 3 nitrogen and oxygen atoms in total. The third-order valence-electron chi connectivity index (χ3n) is 3.50. The molecule has 2 aromatic rings. The Hall–Kier alpha value is -1.39. The molecule has 0 aliphatic carbocycles. The zero-order chi connectivity index (χ0) is 13.4. The second kappa shape index (κ2) is 4.94. The molecule has 1 aliphatic rings. The quantitative estimate of drug-likeness (QED) is 0.877. The van der Waals surface area contributed by atoms with Crippen molar-refractivity contribution in [1.82, 2.24) is 9.88 Å². The van der Waals surface area contributed by atoms with Gasteiger partial charge in [-0.2, -0.15) is 0 Å². The van der Waals surface area contributed by atoms with Crippen molar-refractivity contribution in [2.75, 3.05) is 6.54 Å². The van der Waals surface area contributed by atoms with Crippen molar-refractivity contribution in [2.45, 2.75) is 19.9 Å². The first-order valence-corrected chi connectivity index (χ1v) is 7.17. The summed E-state index contributed by atoms with van der Waals surface area (Å²) in [4.78, 5) is 12.6. The van der Waals surface area contributed by atoms with E-state index in [-0.39, 0.29) is 5.91 Å².